The van der Waals surface area contributed by atoms with Crippen molar-refractivity contribution >= 4 is 5.91 Å². The number of aromatic nitrogens is 1. The molecule has 1 amide bonds. The standard InChI is InChI=1S/C20H24N2O3/c23-19(16-9-3-1-4-10-16)15-17-11-5-2-7-13-21(17)20(24)18-12-6-8-14-22(18)25/h1,3-4,6,8-10,12,14,17,19,23H,2,5,7,11,13,15H2/t17-,19-/m0/s1. The molecule has 2 atom stereocenters. The number of rotatable bonds is 4. The quantitative estimate of drug-likeness (QED) is 0.687. The summed E-state index contributed by atoms with van der Waals surface area (Å²) in [5, 5.41) is 22.5. The van der Waals surface area contributed by atoms with Gasteiger partial charge in [0.1, 0.15) is 0 Å². The summed E-state index contributed by atoms with van der Waals surface area (Å²) in [6.07, 6.45) is 5.09. The number of likely N-dealkylation sites (tertiary alicyclic amines) is 1. The van der Waals surface area contributed by atoms with Crippen molar-refractivity contribution in [1.82, 2.24) is 4.90 Å². The minimum Gasteiger partial charge on any atom is -0.618 e. The van der Waals surface area contributed by atoms with E-state index in [-0.39, 0.29) is 17.6 Å². The van der Waals surface area contributed by atoms with E-state index in [2.05, 4.69) is 0 Å². The molecule has 1 aromatic carbocycles. The van der Waals surface area contributed by atoms with Crippen LogP contribution in [0.4, 0.5) is 0 Å². The molecule has 0 spiro atoms. The number of nitrogens with zero attached hydrogens (tertiary/aromatic N) is 2. The Hall–Kier alpha value is -2.40. The molecule has 1 fully saturated rings. The van der Waals surface area contributed by atoms with Gasteiger partial charge in [0.2, 0.25) is 0 Å². The molecular weight excluding hydrogens is 316 g/mol. The van der Waals surface area contributed by atoms with E-state index < -0.39 is 6.10 Å². The number of benzene rings is 1. The minimum absolute atomic E-state index is 0.0644. The van der Waals surface area contributed by atoms with Crippen LogP contribution in [0.2, 0.25) is 0 Å². The van der Waals surface area contributed by atoms with Crippen molar-refractivity contribution in [2.24, 2.45) is 0 Å². The van der Waals surface area contributed by atoms with Crippen LogP contribution in [0.25, 0.3) is 0 Å². The van der Waals surface area contributed by atoms with Gasteiger partial charge in [0, 0.05) is 24.7 Å². The van der Waals surface area contributed by atoms with E-state index >= 15 is 0 Å². The fourth-order valence-electron chi connectivity index (χ4n) is 3.50. The van der Waals surface area contributed by atoms with E-state index in [1.807, 2.05) is 30.3 Å². The van der Waals surface area contributed by atoms with Gasteiger partial charge in [-0.3, -0.25) is 4.79 Å². The van der Waals surface area contributed by atoms with Crippen molar-refractivity contribution in [2.75, 3.05) is 6.54 Å². The van der Waals surface area contributed by atoms with Crippen LogP contribution in [0.1, 0.15) is 54.3 Å². The summed E-state index contributed by atoms with van der Waals surface area (Å²) >= 11 is 0. The summed E-state index contributed by atoms with van der Waals surface area (Å²) < 4.78 is 0.623. The topological polar surface area (TPSA) is 67.5 Å². The van der Waals surface area contributed by atoms with Gasteiger partial charge in [0.15, 0.2) is 6.20 Å². The molecule has 0 aliphatic carbocycles. The normalized spacial score (nSPS) is 19.2. The zero-order valence-corrected chi connectivity index (χ0v) is 14.3. The molecule has 1 aromatic heterocycles. The fraction of sp³-hybridized carbons (Fsp3) is 0.400. The molecule has 0 unspecified atom stereocenters. The molecule has 2 heterocycles. The van der Waals surface area contributed by atoms with Crippen molar-refractivity contribution in [3.05, 3.63) is 71.2 Å². The Morgan fingerprint density at radius 3 is 2.68 bits per heavy atom. The van der Waals surface area contributed by atoms with Gasteiger partial charge in [-0.05, 0) is 30.9 Å². The van der Waals surface area contributed by atoms with Crippen molar-refractivity contribution < 1.29 is 14.6 Å². The lowest BCUT2D eigenvalue weighted by molar-refractivity contribution is -0.608. The highest BCUT2D eigenvalue weighted by atomic mass is 16.5. The Bertz CT molecular complexity index is 705. The van der Waals surface area contributed by atoms with E-state index in [1.165, 1.54) is 6.20 Å². The van der Waals surface area contributed by atoms with E-state index in [1.54, 1.807) is 23.1 Å². The van der Waals surface area contributed by atoms with Crippen molar-refractivity contribution in [2.45, 2.75) is 44.2 Å². The van der Waals surface area contributed by atoms with Crippen LogP contribution in [0.3, 0.4) is 0 Å². The van der Waals surface area contributed by atoms with Crippen LogP contribution in [0.15, 0.2) is 54.7 Å². The lowest BCUT2D eigenvalue weighted by Gasteiger charge is -2.31. The fourth-order valence-corrected chi connectivity index (χ4v) is 3.50. The van der Waals surface area contributed by atoms with Crippen LogP contribution < -0.4 is 4.73 Å². The smallest absolute Gasteiger partial charge is 0.320 e. The van der Waals surface area contributed by atoms with Gasteiger partial charge in [-0.15, -0.1) is 0 Å². The summed E-state index contributed by atoms with van der Waals surface area (Å²) in [6, 6.07) is 14.3. The molecule has 5 nitrogen and oxygen atoms in total. The molecule has 1 aliphatic rings. The van der Waals surface area contributed by atoms with Crippen LogP contribution in [-0.2, 0) is 0 Å². The first-order valence-electron chi connectivity index (χ1n) is 8.89. The first-order chi connectivity index (χ1) is 12.2. The Kier molecular flexibility index (Phi) is 5.66. The third-order valence-electron chi connectivity index (χ3n) is 4.86. The average molecular weight is 340 g/mol. The monoisotopic (exact) mass is 340 g/mol. The molecule has 132 valence electrons. The molecule has 0 radical (unpaired) electrons. The Labute approximate surface area is 148 Å². The first-order valence-corrected chi connectivity index (χ1v) is 8.89. The number of hydrogen-bond acceptors (Lipinski definition) is 3. The maximum absolute atomic E-state index is 12.9. The summed E-state index contributed by atoms with van der Waals surface area (Å²) in [5.41, 5.74) is 1.00. The van der Waals surface area contributed by atoms with Crippen LogP contribution >= 0.6 is 0 Å². The molecule has 1 aliphatic heterocycles. The van der Waals surface area contributed by atoms with Crippen molar-refractivity contribution in [1.29, 1.82) is 0 Å². The number of aliphatic hydroxyl groups excluding tert-OH is 1. The van der Waals surface area contributed by atoms with E-state index in [9.17, 15) is 15.1 Å². The highest BCUT2D eigenvalue weighted by molar-refractivity contribution is 5.91. The molecule has 5 heteroatoms. The summed E-state index contributed by atoms with van der Waals surface area (Å²) in [6.45, 7) is 0.625. The summed E-state index contributed by atoms with van der Waals surface area (Å²) in [4.78, 5) is 14.7. The van der Waals surface area contributed by atoms with Crippen LogP contribution in [-0.4, -0.2) is 28.5 Å². The predicted molar refractivity (Wildman–Crippen MR) is 94.7 cm³/mol. The summed E-state index contributed by atoms with van der Waals surface area (Å²) in [5.74, 6) is -0.247. The zero-order chi connectivity index (χ0) is 17.6. The number of carbonyl (C=O) groups is 1. The molecule has 2 aromatic rings. The van der Waals surface area contributed by atoms with Gasteiger partial charge in [-0.1, -0.05) is 43.2 Å². The van der Waals surface area contributed by atoms with Gasteiger partial charge in [-0.25, -0.2) is 0 Å². The van der Waals surface area contributed by atoms with Crippen molar-refractivity contribution in [3.8, 4) is 0 Å². The van der Waals surface area contributed by atoms with Crippen molar-refractivity contribution in [3.63, 3.8) is 0 Å². The van der Waals surface area contributed by atoms with Gasteiger partial charge >= 0.3 is 5.91 Å². The summed E-state index contributed by atoms with van der Waals surface area (Å²) in [7, 11) is 0. The predicted octanol–water partition coefficient (Wildman–Crippen LogP) is 2.83. The third-order valence-corrected chi connectivity index (χ3v) is 4.86. The van der Waals surface area contributed by atoms with E-state index in [0.29, 0.717) is 17.7 Å². The van der Waals surface area contributed by atoms with Crippen LogP contribution in [0, 0.1) is 5.21 Å². The largest absolute Gasteiger partial charge is 0.618 e. The number of hydrogen-bond donors (Lipinski definition) is 1. The van der Waals surface area contributed by atoms with Gasteiger partial charge in [0.05, 0.1) is 6.10 Å². The number of aliphatic hydroxyl groups is 1. The second kappa shape index (κ2) is 8.12. The van der Waals surface area contributed by atoms with Crippen LogP contribution in [0.5, 0.6) is 0 Å². The molecule has 3 rings (SSSR count). The molecule has 1 N–H and O–H groups in total. The molecule has 0 saturated carbocycles. The second-order valence-electron chi connectivity index (χ2n) is 6.58. The number of pyridine rings is 1. The Morgan fingerprint density at radius 2 is 1.92 bits per heavy atom. The zero-order valence-electron chi connectivity index (χ0n) is 14.3. The highest BCUT2D eigenvalue weighted by Crippen LogP contribution is 2.27. The lowest BCUT2D eigenvalue weighted by Crippen LogP contribution is -2.46. The maximum atomic E-state index is 12.9. The SMILES string of the molecule is O=C(c1cccc[n+]1[O-])N1CCCCC[C@H]1C[C@H](O)c1ccccc1. The third kappa shape index (κ3) is 4.17. The molecule has 1 saturated heterocycles. The van der Waals surface area contributed by atoms with Gasteiger partial charge < -0.3 is 15.2 Å². The first kappa shape index (κ1) is 17.4. The second-order valence-corrected chi connectivity index (χ2v) is 6.58. The molecular formula is C20H24N2O3. The van der Waals surface area contributed by atoms with Gasteiger partial charge in [-0.2, -0.15) is 4.73 Å². The number of amides is 1. The maximum Gasteiger partial charge on any atom is 0.320 e. The highest BCUT2D eigenvalue weighted by Gasteiger charge is 2.31. The molecule has 0 bridgehead atoms. The van der Waals surface area contributed by atoms with E-state index in [4.69, 9.17) is 0 Å². The Balaban J connectivity index is 1.80. The Morgan fingerprint density at radius 1 is 1.16 bits per heavy atom. The van der Waals surface area contributed by atoms with E-state index in [0.717, 1.165) is 31.2 Å². The average Bonchev–Trinajstić information content (AvgIpc) is 2.88. The minimum atomic E-state index is -0.616. The molecule has 25 heavy (non-hydrogen) atoms. The van der Waals surface area contributed by atoms with Gasteiger partial charge in [0.25, 0.3) is 5.69 Å². The number of carbonyl (C=O) groups excluding carboxylic acids is 1. The lowest BCUT2D eigenvalue weighted by atomic mass is 9.98.